The second-order valence-electron chi connectivity index (χ2n) is 7.95. The number of aromatic nitrogens is 5. The van der Waals surface area contributed by atoms with E-state index < -0.39 is 0 Å². The Labute approximate surface area is 201 Å². The molecule has 0 atom stereocenters. The summed E-state index contributed by atoms with van der Waals surface area (Å²) in [5, 5.41) is 9.41. The van der Waals surface area contributed by atoms with Gasteiger partial charge in [0.2, 0.25) is 0 Å². The van der Waals surface area contributed by atoms with Gasteiger partial charge in [-0.15, -0.1) is 10.2 Å². The molecule has 4 heterocycles. The van der Waals surface area contributed by atoms with E-state index in [0.717, 1.165) is 45.1 Å². The number of ether oxygens (including phenoxy) is 2. The number of benzene rings is 1. The number of fused-ring (bicyclic) bond motifs is 1. The molecule has 0 amide bonds. The molecule has 9 heteroatoms. The maximum absolute atomic E-state index is 13.2. The van der Waals surface area contributed by atoms with Crippen molar-refractivity contribution in [2.24, 2.45) is 0 Å². The van der Waals surface area contributed by atoms with E-state index >= 15 is 0 Å². The molecular formula is C25H25N5O3S. The highest BCUT2D eigenvalue weighted by Gasteiger charge is 2.21. The van der Waals surface area contributed by atoms with Gasteiger partial charge in [0.1, 0.15) is 13.2 Å². The smallest absolute Gasteiger partial charge is 0.191 e. The molecule has 0 saturated heterocycles. The minimum Gasteiger partial charge on any atom is -0.486 e. The molecule has 1 aliphatic heterocycles. The molecule has 1 aliphatic rings. The molecule has 1 aromatic carbocycles. The van der Waals surface area contributed by atoms with Gasteiger partial charge in [-0.3, -0.25) is 9.78 Å². The quantitative estimate of drug-likeness (QED) is 0.287. The second kappa shape index (κ2) is 9.34. The number of rotatable bonds is 7. The van der Waals surface area contributed by atoms with Crippen molar-refractivity contribution in [1.82, 2.24) is 24.3 Å². The molecule has 0 fully saturated rings. The van der Waals surface area contributed by atoms with Crippen molar-refractivity contribution >= 4 is 17.5 Å². The number of hydrogen-bond donors (Lipinski definition) is 0. The summed E-state index contributed by atoms with van der Waals surface area (Å²) in [6, 6.07) is 11.6. The number of carbonyl (C=O) groups excluding carboxylic acids is 1. The van der Waals surface area contributed by atoms with Crippen LogP contribution >= 0.6 is 11.8 Å². The number of thioether (sulfide) groups is 1. The number of aryl methyl sites for hydroxylation is 1. The Morgan fingerprint density at radius 1 is 1.03 bits per heavy atom. The predicted molar refractivity (Wildman–Crippen MR) is 130 cm³/mol. The minimum absolute atomic E-state index is 0.0537. The Morgan fingerprint density at radius 3 is 2.56 bits per heavy atom. The average Bonchev–Trinajstić information content (AvgIpc) is 3.42. The third-order valence-corrected chi connectivity index (χ3v) is 6.79. The largest absolute Gasteiger partial charge is 0.486 e. The first-order valence-electron chi connectivity index (χ1n) is 11.2. The molecule has 34 heavy (non-hydrogen) atoms. The van der Waals surface area contributed by atoms with Crippen LogP contribution in [0.3, 0.4) is 0 Å². The number of Topliss-reactive ketones (excluding diaryl/α,β-unsaturated/α-hetero) is 1. The Bertz CT molecular complexity index is 1350. The second-order valence-corrected chi connectivity index (χ2v) is 8.89. The summed E-state index contributed by atoms with van der Waals surface area (Å²) in [4.78, 5) is 17.3. The summed E-state index contributed by atoms with van der Waals surface area (Å²) >= 11 is 1.41. The summed E-state index contributed by atoms with van der Waals surface area (Å²) in [7, 11) is 0. The number of ketones is 1. The molecule has 0 saturated carbocycles. The van der Waals surface area contributed by atoms with Crippen molar-refractivity contribution in [1.29, 1.82) is 0 Å². The molecule has 0 aliphatic carbocycles. The van der Waals surface area contributed by atoms with Gasteiger partial charge in [0.25, 0.3) is 0 Å². The number of pyridine rings is 1. The number of nitrogens with zero attached hydrogens (tertiary/aromatic N) is 5. The first-order chi connectivity index (χ1) is 16.6. The van der Waals surface area contributed by atoms with Gasteiger partial charge >= 0.3 is 0 Å². The monoisotopic (exact) mass is 475 g/mol. The number of hydrogen-bond acceptors (Lipinski definition) is 7. The summed E-state index contributed by atoms with van der Waals surface area (Å²) in [6.07, 6.45) is 3.47. The molecule has 8 nitrogen and oxygen atoms in total. The average molecular weight is 476 g/mol. The molecular weight excluding hydrogens is 450 g/mol. The highest BCUT2D eigenvalue weighted by molar-refractivity contribution is 7.99. The minimum atomic E-state index is 0.0537. The molecule has 0 bridgehead atoms. The first kappa shape index (κ1) is 22.2. The van der Waals surface area contributed by atoms with Crippen LogP contribution in [0.5, 0.6) is 11.5 Å². The first-order valence-corrected chi connectivity index (χ1v) is 12.1. The molecule has 4 aromatic rings. The van der Waals surface area contributed by atoms with E-state index in [4.69, 9.17) is 9.47 Å². The molecule has 3 aromatic heterocycles. The van der Waals surface area contributed by atoms with Gasteiger partial charge in [-0.05, 0) is 51.1 Å². The third-order valence-electron chi connectivity index (χ3n) is 5.82. The van der Waals surface area contributed by atoms with Crippen molar-refractivity contribution in [2.45, 2.75) is 32.5 Å². The van der Waals surface area contributed by atoms with E-state index in [0.29, 0.717) is 25.3 Å². The van der Waals surface area contributed by atoms with Crippen LogP contribution in [0.4, 0.5) is 0 Å². The van der Waals surface area contributed by atoms with Crippen LogP contribution in [0, 0.1) is 13.8 Å². The zero-order valence-electron chi connectivity index (χ0n) is 19.3. The summed E-state index contributed by atoms with van der Waals surface area (Å²) in [5.74, 6) is 2.58. The Balaban J connectivity index is 1.36. The lowest BCUT2D eigenvalue weighted by molar-refractivity contribution is 0.102. The maximum Gasteiger partial charge on any atom is 0.191 e. The zero-order valence-corrected chi connectivity index (χ0v) is 20.1. The van der Waals surface area contributed by atoms with Gasteiger partial charge in [-0.25, -0.2) is 0 Å². The zero-order chi connectivity index (χ0) is 23.7. The van der Waals surface area contributed by atoms with Gasteiger partial charge < -0.3 is 18.6 Å². The van der Waals surface area contributed by atoms with Crippen LogP contribution < -0.4 is 9.47 Å². The van der Waals surface area contributed by atoms with E-state index in [-0.39, 0.29) is 11.5 Å². The Kier molecular flexibility index (Phi) is 6.10. The summed E-state index contributed by atoms with van der Waals surface area (Å²) < 4.78 is 15.5. The van der Waals surface area contributed by atoms with Gasteiger partial charge in [0, 0.05) is 53.2 Å². The van der Waals surface area contributed by atoms with E-state index in [1.54, 1.807) is 12.4 Å². The van der Waals surface area contributed by atoms with Crippen LogP contribution in [0.15, 0.2) is 53.9 Å². The molecule has 0 N–H and O–H groups in total. The fourth-order valence-electron chi connectivity index (χ4n) is 4.22. The predicted octanol–water partition coefficient (Wildman–Crippen LogP) is 4.51. The summed E-state index contributed by atoms with van der Waals surface area (Å²) in [5.41, 5.74) is 4.48. The molecule has 174 valence electrons. The van der Waals surface area contributed by atoms with Crippen LogP contribution in [0.2, 0.25) is 0 Å². The topological polar surface area (TPSA) is 84.1 Å². The van der Waals surface area contributed by atoms with Crippen molar-refractivity contribution in [3.8, 4) is 28.6 Å². The van der Waals surface area contributed by atoms with Crippen molar-refractivity contribution in [3.63, 3.8) is 0 Å². The van der Waals surface area contributed by atoms with E-state index in [1.165, 1.54) is 11.8 Å². The Hall–Kier alpha value is -3.59. The molecule has 5 rings (SSSR count). The SMILES string of the molecule is CCn1c(SCC(=O)c2cc(C)n(-c3ccc4c(c3)OCCO4)c2C)nnc1-c1ccncc1. The van der Waals surface area contributed by atoms with Crippen LogP contribution in [0.1, 0.15) is 28.7 Å². The maximum atomic E-state index is 13.2. The normalized spacial score (nSPS) is 12.7. The van der Waals surface area contributed by atoms with Gasteiger partial charge in [0.05, 0.1) is 5.75 Å². The molecule has 0 spiro atoms. The van der Waals surface area contributed by atoms with Crippen molar-refractivity contribution in [2.75, 3.05) is 19.0 Å². The Morgan fingerprint density at radius 2 is 1.79 bits per heavy atom. The van der Waals surface area contributed by atoms with E-state index in [1.807, 2.05) is 61.7 Å². The van der Waals surface area contributed by atoms with Gasteiger partial charge in [-0.1, -0.05) is 11.8 Å². The third kappa shape index (κ3) is 4.07. The lowest BCUT2D eigenvalue weighted by Crippen LogP contribution is -2.15. The molecule has 0 radical (unpaired) electrons. The van der Waals surface area contributed by atoms with Gasteiger partial charge in [0.15, 0.2) is 28.3 Å². The fraction of sp³-hybridized carbons (Fsp3) is 0.280. The lowest BCUT2D eigenvalue weighted by atomic mass is 10.2. The highest BCUT2D eigenvalue weighted by Crippen LogP contribution is 2.34. The van der Waals surface area contributed by atoms with Crippen LogP contribution in [0.25, 0.3) is 17.1 Å². The highest BCUT2D eigenvalue weighted by atomic mass is 32.2. The summed E-state index contributed by atoms with van der Waals surface area (Å²) in [6.45, 7) is 7.81. The fourth-order valence-corrected chi connectivity index (χ4v) is 5.10. The number of carbonyl (C=O) groups is 1. The van der Waals surface area contributed by atoms with E-state index in [9.17, 15) is 4.79 Å². The lowest BCUT2D eigenvalue weighted by Gasteiger charge is -2.20. The van der Waals surface area contributed by atoms with Crippen LogP contribution in [-0.4, -0.2) is 49.1 Å². The standard InChI is InChI=1S/C25H25N5O3S/c1-4-29-24(18-7-9-26-10-8-18)27-28-25(29)34-15-21(31)20-13-16(2)30(17(20)3)19-5-6-22-23(14-19)33-12-11-32-22/h5-10,13-14H,4,11-12,15H2,1-3H3. The van der Waals surface area contributed by atoms with Crippen molar-refractivity contribution < 1.29 is 14.3 Å². The van der Waals surface area contributed by atoms with E-state index in [2.05, 4.69) is 19.7 Å². The van der Waals surface area contributed by atoms with Gasteiger partial charge in [-0.2, -0.15) is 0 Å². The van der Waals surface area contributed by atoms with Crippen LogP contribution in [-0.2, 0) is 6.54 Å². The van der Waals surface area contributed by atoms with Crippen molar-refractivity contribution in [3.05, 3.63) is 65.7 Å². The molecule has 0 unspecified atom stereocenters.